The maximum Gasteiger partial charge on any atom is 0.262 e. The molecule has 2 aromatic carbocycles. The maximum absolute atomic E-state index is 12.1. The van der Waals surface area contributed by atoms with Crippen molar-refractivity contribution in [1.82, 2.24) is 0 Å². The molecular formula is C19H21NO4. The van der Waals surface area contributed by atoms with Crippen molar-refractivity contribution in [1.29, 1.82) is 0 Å². The highest BCUT2D eigenvalue weighted by Gasteiger charge is 2.12. The SMILES string of the molecule is COc1ccc(NC(=O)COc2ccc3c(c2)CCC3)cc1OC. The first-order valence-electron chi connectivity index (χ1n) is 7.96. The number of fused-ring (bicyclic) bond motifs is 1. The summed E-state index contributed by atoms with van der Waals surface area (Å²) >= 11 is 0. The van der Waals surface area contributed by atoms with E-state index in [1.165, 1.54) is 17.5 Å². The Morgan fingerprint density at radius 2 is 1.79 bits per heavy atom. The predicted octanol–water partition coefficient (Wildman–Crippen LogP) is 3.21. The lowest BCUT2D eigenvalue weighted by atomic mass is 10.1. The van der Waals surface area contributed by atoms with E-state index in [0.29, 0.717) is 17.2 Å². The van der Waals surface area contributed by atoms with E-state index < -0.39 is 0 Å². The van der Waals surface area contributed by atoms with E-state index in [-0.39, 0.29) is 12.5 Å². The molecule has 0 radical (unpaired) electrons. The minimum absolute atomic E-state index is 0.0346. The molecule has 1 amide bonds. The number of carbonyl (C=O) groups excluding carboxylic acids is 1. The second-order valence-electron chi connectivity index (χ2n) is 5.69. The molecule has 1 aliphatic carbocycles. The number of anilines is 1. The number of nitrogens with one attached hydrogen (secondary N) is 1. The van der Waals surface area contributed by atoms with Crippen LogP contribution in [-0.4, -0.2) is 26.7 Å². The standard InChI is InChI=1S/C19H21NO4/c1-22-17-9-7-15(11-18(17)23-2)20-19(21)12-24-16-8-6-13-4-3-5-14(13)10-16/h6-11H,3-5,12H2,1-2H3,(H,20,21). The Morgan fingerprint density at radius 1 is 1.00 bits per heavy atom. The van der Waals surface area contributed by atoms with Crippen molar-refractivity contribution in [3.63, 3.8) is 0 Å². The Hall–Kier alpha value is -2.69. The second-order valence-corrected chi connectivity index (χ2v) is 5.69. The zero-order valence-electron chi connectivity index (χ0n) is 13.9. The van der Waals surface area contributed by atoms with Gasteiger partial charge in [-0.2, -0.15) is 0 Å². The van der Waals surface area contributed by atoms with Gasteiger partial charge in [-0.25, -0.2) is 0 Å². The summed E-state index contributed by atoms with van der Waals surface area (Å²) in [5.41, 5.74) is 3.35. The van der Waals surface area contributed by atoms with Gasteiger partial charge in [0.1, 0.15) is 5.75 Å². The van der Waals surface area contributed by atoms with Crippen molar-refractivity contribution < 1.29 is 19.0 Å². The first-order chi connectivity index (χ1) is 11.7. The summed E-state index contributed by atoms with van der Waals surface area (Å²) in [4.78, 5) is 12.1. The fourth-order valence-corrected chi connectivity index (χ4v) is 2.90. The minimum Gasteiger partial charge on any atom is -0.493 e. The van der Waals surface area contributed by atoms with E-state index in [9.17, 15) is 4.79 Å². The maximum atomic E-state index is 12.1. The van der Waals surface area contributed by atoms with Gasteiger partial charge in [-0.15, -0.1) is 0 Å². The molecule has 0 saturated heterocycles. The first kappa shape index (κ1) is 16.2. The number of amides is 1. The molecule has 0 bridgehead atoms. The molecular weight excluding hydrogens is 306 g/mol. The highest BCUT2D eigenvalue weighted by atomic mass is 16.5. The van der Waals surface area contributed by atoms with Crippen LogP contribution in [0.15, 0.2) is 36.4 Å². The topological polar surface area (TPSA) is 56.8 Å². The molecule has 0 saturated carbocycles. The Bertz CT molecular complexity index is 742. The minimum atomic E-state index is -0.220. The zero-order chi connectivity index (χ0) is 16.9. The Labute approximate surface area is 141 Å². The average Bonchev–Trinajstić information content (AvgIpc) is 3.07. The molecule has 0 fully saturated rings. The van der Waals surface area contributed by atoms with E-state index in [4.69, 9.17) is 14.2 Å². The van der Waals surface area contributed by atoms with Gasteiger partial charge in [0.2, 0.25) is 0 Å². The van der Waals surface area contributed by atoms with E-state index in [1.54, 1.807) is 32.4 Å². The molecule has 5 heteroatoms. The van der Waals surface area contributed by atoms with Crippen LogP contribution in [0, 0.1) is 0 Å². The van der Waals surface area contributed by atoms with Gasteiger partial charge in [-0.05, 0) is 54.7 Å². The summed E-state index contributed by atoms with van der Waals surface area (Å²) in [6.07, 6.45) is 3.42. The summed E-state index contributed by atoms with van der Waals surface area (Å²) in [7, 11) is 3.13. The Morgan fingerprint density at radius 3 is 2.58 bits per heavy atom. The van der Waals surface area contributed by atoms with Crippen LogP contribution < -0.4 is 19.5 Å². The van der Waals surface area contributed by atoms with Gasteiger partial charge in [-0.3, -0.25) is 4.79 Å². The average molecular weight is 327 g/mol. The molecule has 0 spiro atoms. The molecule has 0 heterocycles. The normalized spacial score (nSPS) is 12.4. The van der Waals surface area contributed by atoms with Gasteiger partial charge in [0, 0.05) is 11.8 Å². The van der Waals surface area contributed by atoms with Gasteiger partial charge >= 0.3 is 0 Å². The van der Waals surface area contributed by atoms with Crippen LogP contribution in [0.4, 0.5) is 5.69 Å². The highest BCUT2D eigenvalue weighted by Crippen LogP contribution is 2.30. The largest absolute Gasteiger partial charge is 0.493 e. The summed E-state index contributed by atoms with van der Waals surface area (Å²) in [5.74, 6) is 1.69. The fraction of sp³-hybridized carbons (Fsp3) is 0.316. The molecule has 5 nitrogen and oxygen atoms in total. The Kier molecular flexibility index (Phi) is 4.89. The number of methoxy groups -OCH3 is 2. The molecule has 24 heavy (non-hydrogen) atoms. The molecule has 1 N–H and O–H groups in total. The van der Waals surface area contributed by atoms with Crippen molar-refractivity contribution >= 4 is 11.6 Å². The predicted molar refractivity (Wildman–Crippen MR) is 92.1 cm³/mol. The third kappa shape index (κ3) is 3.62. The van der Waals surface area contributed by atoms with Crippen molar-refractivity contribution in [2.45, 2.75) is 19.3 Å². The number of benzene rings is 2. The number of hydrogen-bond donors (Lipinski definition) is 1. The van der Waals surface area contributed by atoms with Crippen molar-refractivity contribution in [2.24, 2.45) is 0 Å². The van der Waals surface area contributed by atoms with E-state index in [2.05, 4.69) is 11.4 Å². The van der Waals surface area contributed by atoms with Crippen LogP contribution in [0.5, 0.6) is 17.2 Å². The second kappa shape index (κ2) is 7.25. The molecule has 0 atom stereocenters. The van der Waals surface area contributed by atoms with Crippen molar-refractivity contribution in [2.75, 3.05) is 26.1 Å². The monoisotopic (exact) mass is 327 g/mol. The quantitative estimate of drug-likeness (QED) is 0.885. The number of aryl methyl sites for hydroxylation is 2. The third-order valence-electron chi connectivity index (χ3n) is 4.11. The lowest BCUT2D eigenvalue weighted by molar-refractivity contribution is -0.118. The van der Waals surface area contributed by atoms with E-state index in [1.807, 2.05) is 12.1 Å². The van der Waals surface area contributed by atoms with Crippen LogP contribution in [0.2, 0.25) is 0 Å². The summed E-state index contributed by atoms with van der Waals surface area (Å²) in [5, 5.41) is 2.79. The zero-order valence-corrected chi connectivity index (χ0v) is 13.9. The lowest BCUT2D eigenvalue weighted by Crippen LogP contribution is -2.20. The molecule has 1 aliphatic rings. The van der Waals surface area contributed by atoms with Crippen LogP contribution in [0.3, 0.4) is 0 Å². The number of ether oxygens (including phenoxy) is 3. The molecule has 0 aromatic heterocycles. The van der Waals surface area contributed by atoms with Gasteiger partial charge < -0.3 is 19.5 Å². The van der Waals surface area contributed by atoms with Crippen LogP contribution in [-0.2, 0) is 17.6 Å². The molecule has 3 rings (SSSR count). The summed E-state index contributed by atoms with van der Waals surface area (Å²) < 4.78 is 16.0. The highest BCUT2D eigenvalue weighted by molar-refractivity contribution is 5.92. The molecule has 0 aliphatic heterocycles. The molecule has 2 aromatic rings. The third-order valence-corrected chi connectivity index (χ3v) is 4.11. The number of rotatable bonds is 6. The smallest absolute Gasteiger partial charge is 0.262 e. The Balaban J connectivity index is 1.58. The van der Waals surface area contributed by atoms with Gasteiger partial charge in [0.25, 0.3) is 5.91 Å². The first-order valence-corrected chi connectivity index (χ1v) is 7.96. The number of carbonyl (C=O) groups is 1. The van der Waals surface area contributed by atoms with E-state index >= 15 is 0 Å². The van der Waals surface area contributed by atoms with Crippen LogP contribution in [0.1, 0.15) is 17.5 Å². The summed E-state index contributed by atoms with van der Waals surface area (Å²) in [6.45, 7) is -0.0346. The van der Waals surface area contributed by atoms with Crippen molar-refractivity contribution in [3.05, 3.63) is 47.5 Å². The molecule has 126 valence electrons. The van der Waals surface area contributed by atoms with Crippen LogP contribution in [0.25, 0.3) is 0 Å². The summed E-state index contributed by atoms with van der Waals surface area (Å²) in [6, 6.07) is 11.3. The lowest BCUT2D eigenvalue weighted by Gasteiger charge is -2.11. The van der Waals surface area contributed by atoms with Gasteiger partial charge in [-0.1, -0.05) is 6.07 Å². The van der Waals surface area contributed by atoms with Gasteiger partial charge in [0.15, 0.2) is 18.1 Å². The molecule has 0 unspecified atom stereocenters. The number of hydrogen-bond acceptors (Lipinski definition) is 4. The fourth-order valence-electron chi connectivity index (χ4n) is 2.90. The van der Waals surface area contributed by atoms with Gasteiger partial charge in [0.05, 0.1) is 14.2 Å². The van der Waals surface area contributed by atoms with E-state index in [0.717, 1.165) is 18.6 Å². The van der Waals surface area contributed by atoms with Crippen LogP contribution >= 0.6 is 0 Å². The van der Waals surface area contributed by atoms with Crippen molar-refractivity contribution in [3.8, 4) is 17.2 Å².